The van der Waals surface area contributed by atoms with E-state index in [9.17, 15) is 0 Å². The Balaban J connectivity index is 1.74. The molecule has 1 fully saturated rings. The van der Waals surface area contributed by atoms with Crippen LogP contribution in [0.5, 0.6) is 0 Å². The molecule has 1 aliphatic rings. The largest absolute Gasteiger partial charge is 0.423 e. The van der Waals surface area contributed by atoms with E-state index < -0.39 is 0 Å². The molecule has 2 atom stereocenters. The van der Waals surface area contributed by atoms with Gasteiger partial charge in [0, 0.05) is 29.9 Å². The minimum atomic E-state index is 0.498. The number of nitrogens with one attached hydrogen (secondary N) is 1. The molecule has 1 N–H and O–H groups in total. The first-order valence-corrected chi connectivity index (χ1v) is 6.56. The highest BCUT2D eigenvalue weighted by atomic mass is 16.4. The number of rotatable bonds is 3. The van der Waals surface area contributed by atoms with Crippen molar-refractivity contribution in [2.45, 2.75) is 25.4 Å². The number of aromatic nitrogens is 2. The molecule has 1 saturated heterocycles. The minimum absolute atomic E-state index is 0.498. The Labute approximate surface area is 112 Å². The third kappa shape index (κ3) is 2.61. The standard InChI is InChI=1S/C14H18N4O/c1-10-6-13(8-18(10)2)16-12-5-3-4-11(7-12)14-17-15-9-19-14/h3-5,7,9-10,13,16H,6,8H2,1-2H3. The number of anilines is 1. The normalized spacial score (nSPS) is 23.7. The van der Waals surface area contributed by atoms with Gasteiger partial charge in [-0.05, 0) is 38.6 Å². The van der Waals surface area contributed by atoms with Gasteiger partial charge in [0.25, 0.3) is 0 Å². The second-order valence-electron chi connectivity index (χ2n) is 5.19. The average Bonchev–Trinajstić information content (AvgIpc) is 3.01. The van der Waals surface area contributed by atoms with E-state index in [1.54, 1.807) is 0 Å². The lowest BCUT2D eigenvalue weighted by molar-refractivity contribution is 0.330. The minimum Gasteiger partial charge on any atom is -0.423 e. The summed E-state index contributed by atoms with van der Waals surface area (Å²) in [6.07, 6.45) is 2.52. The van der Waals surface area contributed by atoms with Crippen LogP contribution in [0.15, 0.2) is 35.1 Å². The molecule has 3 rings (SSSR count). The van der Waals surface area contributed by atoms with Gasteiger partial charge in [-0.2, -0.15) is 0 Å². The maximum atomic E-state index is 5.22. The quantitative estimate of drug-likeness (QED) is 0.915. The molecular formula is C14H18N4O. The molecule has 100 valence electrons. The number of nitrogens with zero attached hydrogens (tertiary/aromatic N) is 3. The molecule has 0 bridgehead atoms. The van der Waals surface area contributed by atoms with Gasteiger partial charge in [-0.15, -0.1) is 10.2 Å². The molecule has 2 aromatic rings. The van der Waals surface area contributed by atoms with Crippen molar-refractivity contribution in [1.29, 1.82) is 0 Å². The van der Waals surface area contributed by atoms with Gasteiger partial charge in [-0.25, -0.2) is 0 Å². The Bertz CT molecular complexity index is 530. The van der Waals surface area contributed by atoms with Gasteiger partial charge in [0.2, 0.25) is 12.3 Å². The molecule has 0 radical (unpaired) electrons. The average molecular weight is 258 g/mol. The Morgan fingerprint density at radius 3 is 3.00 bits per heavy atom. The monoisotopic (exact) mass is 258 g/mol. The lowest BCUT2D eigenvalue weighted by atomic mass is 10.1. The van der Waals surface area contributed by atoms with E-state index in [4.69, 9.17) is 4.42 Å². The van der Waals surface area contributed by atoms with Crippen LogP contribution in [0.25, 0.3) is 11.5 Å². The van der Waals surface area contributed by atoms with E-state index in [-0.39, 0.29) is 0 Å². The Hall–Kier alpha value is -1.88. The first kappa shape index (κ1) is 12.2. The third-order valence-electron chi connectivity index (χ3n) is 3.73. The van der Waals surface area contributed by atoms with Crippen LogP contribution in [0.2, 0.25) is 0 Å². The summed E-state index contributed by atoms with van der Waals surface area (Å²) in [5.74, 6) is 0.556. The molecule has 0 saturated carbocycles. The van der Waals surface area contributed by atoms with Gasteiger partial charge in [0.05, 0.1) is 0 Å². The summed E-state index contributed by atoms with van der Waals surface area (Å²) >= 11 is 0. The predicted octanol–water partition coefficient (Wildman–Crippen LogP) is 2.24. The zero-order chi connectivity index (χ0) is 13.2. The van der Waals surface area contributed by atoms with Crippen LogP contribution in [0, 0.1) is 0 Å². The summed E-state index contributed by atoms with van der Waals surface area (Å²) in [6, 6.07) is 9.24. The molecule has 0 aliphatic carbocycles. The summed E-state index contributed by atoms with van der Waals surface area (Å²) in [5.41, 5.74) is 2.05. The third-order valence-corrected chi connectivity index (χ3v) is 3.73. The van der Waals surface area contributed by atoms with Crippen LogP contribution in [0.1, 0.15) is 13.3 Å². The van der Waals surface area contributed by atoms with E-state index in [1.165, 1.54) is 12.8 Å². The molecule has 2 heterocycles. The van der Waals surface area contributed by atoms with Crippen molar-refractivity contribution < 1.29 is 4.42 Å². The maximum absolute atomic E-state index is 5.22. The van der Waals surface area contributed by atoms with Crippen molar-refractivity contribution in [2.24, 2.45) is 0 Å². The molecular weight excluding hydrogens is 240 g/mol. The molecule has 1 aromatic carbocycles. The van der Waals surface area contributed by atoms with E-state index in [0.717, 1.165) is 17.8 Å². The SMILES string of the molecule is CC1CC(Nc2cccc(-c3nnco3)c2)CN1C. The highest BCUT2D eigenvalue weighted by molar-refractivity contribution is 5.61. The highest BCUT2D eigenvalue weighted by Gasteiger charge is 2.25. The van der Waals surface area contributed by atoms with Crippen LogP contribution in [0.4, 0.5) is 5.69 Å². The van der Waals surface area contributed by atoms with Crippen molar-refractivity contribution in [2.75, 3.05) is 18.9 Å². The molecule has 5 heteroatoms. The molecule has 1 aromatic heterocycles. The summed E-state index contributed by atoms with van der Waals surface area (Å²) in [5, 5.41) is 11.2. The van der Waals surface area contributed by atoms with Gasteiger partial charge in [-0.3, -0.25) is 0 Å². The fourth-order valence-corrected chi connectivity index (χ4v) is 2.57. The first-order chi connectivity index (χ1) is 9.22. The lowest BCUT2D eigenvalue weighted by Crippen LogP contribution is -2.24. The molecule has 5 nitrogen and oxygen atoms in total. The number of benzene rings is 1. The Morgan fingerprint density at radius 2 is 2.32 bits per heavy atom. The Morgan fingerprint density at radius 1 is 1.42 bits per heavy atom. The molecule has 0 amide bonds. The van der Waals surface area contributed by atoms with Crippen molar-refractivity contribution >= 4 is 5.69 Å². The first-order valence-electron chi connectivity index (χ1n) is 6.56. The van der Waals surface area contributed by atoms with E-state index >= 15 is 0 Å². The van der Waals surface area contributed by atoms with Crippen molar-refractivity contribution in [3.63, 3.8) is 0 Å². The van der Waals surface area contributed by atoms with E-state index in [2.05, 4.69) is 46.5 Å². The second-order valence-corrected chi connectivity index (χ2v) is 5.19. The summed E-state index contributed by atoms with van der Waals surface area (Å²) in [7, 11) is 2.17. The maximum Gasteiger partial charge on any atom is 0.247 e. The number of likely N-dealkylation sites (tertiary alicyclic amines) is 1. The van der Waals surface area contributed by atoms with Crippen LogP contribution in [-0.2, 0) is 0 Å². The van der Waals surface area contributed by atoms with Crippen LogP contribution < -0.4 is 5.32 Å². The van der Waals surface area contributed by atoms with E-state index in [0.29, 0.717) is 18.0 Å². The molecule has 2 unspecified atom stereocenters. The van der Waals surface area contributed by atoms with Gasteiger partial charge in [0.15, 0.2) is 0 Å². The zero-order valence-corrected chi connectivity index (χ0v) is 11.2. The smallest absolute Gasteiger partial charge is 0.247 e. The number of hydrogen-bond donors (Lipinski definition) is 1. The van der Waals surface area contributed by atoms with Crippen molar-refractivity contribution in [3.8, 4) is 11.5 Å². The van der Waals surface area contributed by atoms with E-state index in [1.807, 2.05) is 12.1 Å². The van der Waals surface area contributed by atoms with Crippen molar-refractivity contribution in [3.05, 3.63) is 30.7 Å². The summed E-state index contributed by atoms with van der Waals surface area (Å²) in [4.78, 5) is 2.37. The molecule has 0 spiro atoms. The van der Waals surface area contributed by atoms with Crippen LogP contribution in [0.3, 0.4) is 0 Å². The number of hydrogen-bond acceptors (Lipinski definition) is 5. The van der Waals surface area contributed by atoms with Crippen molar-refractivity contribution in [1.82, 2.24) is 15.1 Å². The van der Waals surface area contributed by atoms with Gasteiger partial charge >= 0.3 is 0 Å². The zero-order valence-electron chi connectivity index (χ0n) is 11.2. The van der Waals surface area contributed by atoms with Gasteiger partial charge in [0.1, 0.15) is 0 Å². The summed E-state index contributed by atoms with van der Waals surface area (Å²) < 4.78 is 5.22. The molecule has 1 aliphatic heterocycles. The highest BCUT2D eigenvalue weighted by Crippen LogP contribution is 2.23. The fraction of sp³-hybridized carbons (Fsp3) is 0.429. The predicted molar refractivity (Wildman–Crippen MR) is 73.9 cm³/mol. The topological polar surface area (TPSA) is 54.2 Å². The van der Waals surface area contributed by atoms with Gasteiger partial charge in [-0.1, -0.05) is 6.07 Å². The van der Waals surface area contributed by atoms with Crippen LogP contribution in [-0.4, -0.2) is 40.8 Å². The Kier molecular flexibility index (Phi) is 3.21. The lowest BCUT2D eigenvalue weighted by Gasteiger charge is -2.14. The van der Waals surface area contributed by atoms with Gasteiger partial charge < -0.3 is 14.6 Å². The van der Waals surface area contributed by atoms with Crippen LogP contribution >= 0.6 is 0 Å². The molecule has 19 heavy (non-hydrogen) atoms. The second kappa shape index (κ2) is 5.01. The fourth-order valence-electron chi connectivity index (χ4n) is 2.57. The number of likely N-dealkylation sites (N-methyl/N-ethyl adjacent to an activating group) is 1. The summed E-state index contributed by atoms with van der Waals surface area (Å²) in [6.45, 7) is 3.34.